The summed E-state index contributed by atoms with van der Waals surface area (Å²) in [6.45, 7) is 1.56. The van der Waals surface area contributed by atoms with Crippen LogP contribution < -0.4 is 4.74 Å². The Morgan fingerprint density at radius 3 is 2.43 bits per heavy atom. The van der Waals surface area contributed by atoms with Crippen molar-refractivity contribution in [3.8, 4) is 5.75 Å². The highest BCUT2D eigenvalue weighted by molar-refractivity contribution is 8.13. The molecule has 0 heterocycles. The first-order chi connectivity index (χ1) is 9.53. The van der Waals surface area contributed by atoms with E-state index in [1.54, 1.807) is 6.92 Å². The molecule has 0 aliphatic heterocycles. The third kappa shape index (κ3) is 6.09. The molecule has 0 fully saturated rings. The van der Waals surface area contributed by atoms with Gasteiger partial charge in [-0.15, -0.1) is 0 Å². The molecule has 1 unspecified atom stereocenters. The van der Waals surface area contributed by atoms with Crippen LogP contribution in [-0.4, -0.2) is 20.8 Å². The van der Waals surface area contributed by atoms with Crippen LogP contribution in [0.1, 0.15) is 18.9 Å². The van der Waals surface area contributed by atoms with E-state index in [1.807, 2.05) is 0 Å². The SMILES string of the molecule is CCC(COc1ccc(F)c(C(F)(F)F)c1)CS(=O)(=O)Cl. The van der Waals surface area contributed by atoms with E-state index >= 15 is 0 Å². The summed E-state index contributed by atoms with van der Waals surface area (Å²) in [6.07, 6.45) is -4.41. The van der Waals surface area contributed by atoms with Crippen LogP contribution in [0.4, 0.5) is 17.6 Å². The van der Waals surface area contributed by atoms with Gasteiger partial charge in [-0.2, -0.15) is 13.2 Å². The van der Waals surface area contributed by atoms with Crippen LogP contribution in [0, 0.1) is 11.7 Å². The lowest BCUT2D eigenvalue weighted by Crippen LogP contribution is -2.19. The lowest BCUT2D eigenvalue weighted by molar-refractivity contribution is -0.140. The fourth-order valence-corrected chi connectivity index (χ4v) is 3.02. The van der Waals surface area contributed by atoms with E-state index in [0.29, 0.717) is 18.6 Å². The van der Waals surface area contributed by atoms with Crippen LogP contribution in [0.25, 0.3) is 0 Å². The van der Waals surface area contributed by atoms with Crippen molar-refractivity contribution in [3.05, 3.63) is 29.6 Å². The molecule has 3 nitrogen and oxygen atoms in total. The zero-order valence-electron chi connectivity index (χ0n) is 11.0. The van der Waals surface area contributed by atoms with Crippen LogP contribution in [0.2, 0.25) is 0 Å². The first-order valence-electron chi connectivity index (χ1n) is 5.94. The molecule has 1 aromatic rings. The van der Waals surface area contributed by atoms with Crippen LogP contribution >= 0.6 is 10.7 Å². The number of benzene rings is 1. The highest BCUT2D eigenvalue weighted by Crippen LogP contribution is 2.33. The zero-order valence-corrected chi connectivity index (χ0v) is 12.5. The minimum absolute atomic E-state index is 0.134. The Morgan fingerprint density at radius 2 is 1.95 bits per heavy atom. The van der Waals surface area contributed by atoms with E-state index in [2.05, 4.69) is 0 Å². The Bertz CT molecular complexity index is 587. The molecule has 21 heavy (non-hydrogen) atoms. The maximum Gasteiger partial charge on any atom is 0.419 e. The van der Waals surface area contributed by atoms with Crippen molar-refractivity contribution in [2.24, 2.45) is 5.92 Å². The van der Waals surface area contributed by atoms with Crippen LogP contribution in [0.15, 0.2) is 18.2 Å². The topological polar surface area (TPSA) is 43.4 Å². The van der Waals surface area contributed by atoms with E-state index in [9.17, 15) is 26.0 Å². The van der Waals surface area contributed by atoms with Gasteiger partial charge in [-0.05, 0) is 24.6 Å². The van der Waals surface area contributed by atoms with E-state index in [1.165, 1.54) is 0 Å². The van der Waals surface area contributed by atoms with Gasteiger partial charge in [-0.25, -0.2) is 12.8 Å². The smallest absolute Gasteiger partial charge is 0.419 e. The Balaban J connectivity index is 2.80. The average Bonchev–Trinajstić information content (AvgIpc) is 2.33. The molecule has 120 valence electrons. The fraction of sp³-hybridized carbons (Fsp3) is 0.500. The molecule has 0 aromatic heterocycles. The number of halogens is 5. The molecular weight excluding hydrogens is 336 g/mol. The van der Waals surface area contributed by atoms with Crippen molar-refractivity contribution in [2.45, 2.75) is 19.5 Å². The second-order valence-corrected chi connectivity index (χ2v) is 7.25. The molecule has 0 saturated heterocycles. The quantitative estimate of drug-likeness (QED) is 0.580. The minimum atomic E-state index is -4.83. The molecule has 0 aliphatic rings. The molecule has 0 N–H and O–H groups in total. The van der Waals surface area contributed by atoms with Crippen LogP contribution in [0.3, 0.4) is 0 Å². The zero-order chi connectivity index (χ0) is 16.3. The number of ether oxygens (including phenoxy) is 1. The van der Waals surface area contributed by atoms with Gasteiger partial charge in [0, 0.05) is 16.6 Å². The summed E-state index contributed by atoms with van der Waals surface area (Å²) in [5.74, 6) is -2.40. The summed E-state index contributed by atoms with van der Waals surface area (Å²) >= 11 is 0. The van der Waals surface area contributed by atoms with Gasteiger partial charge in [0.15, 0.2) is 0 Å². The summed E-state index contributed by atoms with van der Waals surface area (Å²) in [6, 6.07) is 2.24. The Labute approximate surface area is 124 Å². The third-order valence-corrected chi connectivity index (χ3v) is 3.99. The van der Waals surface area contributed by atoms with Gasteiger partial charge < -0.3 is 4.74 Å². The van der Waals surface area contributed by atoms with Crippen molar-refractivity contribution in [1.29, 1.82) is 0 Å². The van der Waals surface area contributed by atoms with Gasteiger partial charge >= 0.3 is 6.18 Å². The lowest BCUT2D eigenvalue weighted by atomic mass is 10.1. The standard InChI is InChI=1S/C12H13ClF4O3S/c1-2-8(7-21(13,18)19)6-20-9-3-4-11(14)10(5-9)12(15,16)17/h3-5,8H,2,6-7H2,1H3. The molecule has 0 spiro atoms. The fourth-order valence-electron chi connectivity index (χ4n) is 1.59. The number of rotatable bonds is 6. The predicted octanol–water partition coefficient (Wildman–Crippen LogP) is 3.82. The van der Waals surface area contributed by atoms with Crippen molar-refractivity contribution < 1.29 is 30.7 Å². The molecule has 1 atom stereocenters. The van der Waals surface area contributed by atoms with Gasteiger partial charge in [-0.3, -0.25) is 0 Å². The Morgan fingerprint density at radius 1 is 1.33 bits per heavy atom. The number of hydrogen-bond donors (Lipinski definition) is 0. The lowest BCUT2D eigenvalue weighted by Gasteiger charge is -2.15. The van der Waals surface area contributed by atoms with E-state index in [-0.39, 0.29) is 18.1 Å². The van der Waals surface area contributed by atoms with E-state index in [4.69, 9.17) is 15.4 Å². The molecule has 0 radical (unpaired) electrons. The summed E-state index contributed by atoms with van der Waals surface area (Å²) < 4.78 is 77.7. The monoisotopic (exact) mass is 348 g/mol. The highest BCUT2D eigenvalue weighted by atomic mass is 35.7. The van der Waals surface area contributed by atoms with Crippen LogP contribution in [0.5, 0.6) is 5.75 Å². The maximum absolute atomic E-state index is 13.1. The number of hydrogen-bond acceptors (Lipinski definition) is 3. The molecule has 1 aromatic carbocycles. The van der Waals surface area contributed by atoms with Crippen molar-refractivity contribution in [3.63, 3.8) is 0 Å². The van der Waals surface area contributed by atoms with Crippen molar-refractivity contribution >= 4 is 19.7 Å². The highest BCUT2D eigenvalue weighted by Gasteiger charge is 2.34. The second-order valence-electron chi connectivity index (χ2n) is 4.43. The van der Waals surface area contributed by atoms with Gasteiger partial charge in [0.25, 0.3) is 0 Å². The van der Waals surface area contributed by atoms with E-state index < -0.39 is 32.5 Å². The summed E-state index contributed by atoms with van der Waals surface area (Å²) in [5.41, 5.74) is -1.43. The predicted molar refractivity (Wildman–Crippen MR) is 70.3 cm³/mol. The molecule has 9 heteroatoms. The summed E-state index contributed by atoms with van der Waals surface area (Å²) in [4.78, 5) is 0. The van der Waals surface area contributed by atoms with Gasteiger partial charge in [0.1, 0.15) is 11.6 Å². The third-order valence-electron chi connectivity index (χ3n) is 2.74. The van der Waals surface area contributed by atoms with Crippen LogP contribution in [-0.2, 0) is 15.2 Å². The number of alkyl halides is 3. The normalized spacial score (nSPS) is 14.0. The van der Waals surface area contributed by atoms with Crippen molar-refractivity contribution in [1.82, 2.24) is 0 Å². The minimum Gasteiger partial charge on any atom is -0.493 e. The maximum atomic E-state index is 13.1. The average molecular weight is 349 g/mol. The molecule has 1 rings (SSSR count). The molecular formula is C12H13ClF4O3S. The Hall–Kier alpha value is -1.02. The molecule has 0 amide bonds. The first-order valence-corrected chi connectivity index (χ1v) is 8.42. The van der Waals surface area contributed by atoms with E-state index in [0.717, 1.165) is 6.07 Å². The Kier molecular flexibility index (Phi) is 5.86. The van der Waals surface area contributed by atoms with Gasteiger partial charge in [0.05, 0.1) is 17.9 Å². The summed E-state index contributed by atoms with van der Waals surface area (Å²) in [7, 11) is 1.39. The molecule has 0 saturated carbocycles. The molecule has 0 bridgehead atoms. The molecule has 0 aliphatic carbocycles. The van der Waals surface area contributed by atoms with Crippen molar-refractivity contribution in [2.75, 3.05) is 12.4 Å². The van der Waals surface area contributed by atoms with Gasteiger partial charge in [0.2, 0.25) is 9.05 Å². The summed E-state index contributed by atoms with van der Waals surface area (Å²) in [5, 5.41) is 0. The largest absolute Gasteiger partial charge is 0.493 e. The van der Waals surface area contributed by atoms with Gasteiger partial charge in [-0.1, -0.05) is 6.92 Å². The second kappa shape index (κ2) is 6.83. The first kappa shape index (κ1) is 18.0.